The average molecular weight is 294 g/mol. The standard InChI is InChI=1S/C13H15ClF3NO/c1-19-11-6-9(13(15,16)17)5-10(14)12(11)8-3-2-4-18-7-8/h5-6,8,18H,2-4,7H2,1H3. The summed E-state index contributed by atoms with van der Waals surface area (Å²) in [6.07, 6.45) is -2.54. The molecule has 1 aliphatic heterocycles. The molecule has 0 saturated carbocycles. The minimum absolute atomic E-state index is 0.0958. The summed E-state index contributed by atoms with van der Waals surface area (Å²) in [5.74, 6) is 0.312. The van der Waals surface area contributed by atoms with Crippen molar-refractivity contribution in [2.45, 2.75) is 24.9 Å². The molecule has 1 atom stereocenters. The fourth-order valence-electron chi connectivity index (χ4n) is 2.42. The number of halogens is 4. The first-order valence-corrected chi connectivity index (χ1v) is 6.46. The van der Waals surface area contributed by atoms with Gasteiger partial charge in [0.25, 0.3) is 0 Å². The lowest BCUT2D eigenvalue weighted by Crippen LogP contribution is -2.28. The van der Waals surface area contributed by atoms with Crippen LogP contribution in [0.3, 0.4) is 0 Å². The first-order valence-electron chi connectivity index (χ1n) is 6.09. The number of ether oxygens (including phenoxy) is 1. The maximum atomic E-state index is 12.7. The molecule has 1 unspecified atom stereocenters. The summed E-state index contributed by atoms with van der Waals surface area (Å²) in [5, 5.41) is 3.35. The highest BCUT2D eigenvalue weighted by Gasteiger charge is 2.33. The second-order valence-electron chi connectivity index (χ2n) is 4.62. The third-order valence-corrected chi connectivity index (χ3v) is 3.66. The SMILES string of the molecule is COc1cc(C(F)(F)F)cc(Cl)c1C1CCCNC1. The van der Waals surface area contributed by atoms with Crippen LogP contribution < -0.4 is 10.1 Å². The van der Waals surface area contributed by atoms with Crippen molar-refractivity contribution < 1.29 is 17.9 Å². The van der Waals surface area contributed by atoms with Gasteiger partial charge < -0.3 is 10.1 Å². The Balaban J connectivity index is 2.43. The van der Waals surface area contributed by atoms with Crippen LogP contribution in [0.15, 0.2) is 12.1 Å². The van der Waals surface area contributed by atoms with E-state index in [1.165, 1.54) is 7.11 Å². The number of nitrogens with one attached hydrogen (secondary N) is 1. The van der Waals surface area contributed by atoms with Crippen molar-refractivity contribution in [2.75, 3.05) is 20.2 Å². The predicted octanol–water partition coefficient (Wildman–Crippen LogP) is 3.83. The third-order valence-electron chi connectivity index (χ3n) is 3.34. The minimum atomic E-state index is -4.42. The summed E-state index contributed by atoms with van der Waals surface area (Å²) in [6, 6.07) is 2.00. The molecule has 1 aliphatic rings. The molecule has 106 valence electrons. The Morgan fingerprint density at radius 2 is 2.11 bits per heavy atom. The molecule has 1 saturated heterocycles. The lowest BCUT2D eigenvalue weighted by molar-refractivity contribution is -0.137. The van der Waals surface area contributed by atoms with E-state index in [1.54, 1.807) is 0 Å². The smallest absolute Gasteiger partial charge is 0.416 e. The summed E-state index contributed by atoms with van der Waals surface area (Å²) in [7, 11) is 1.37. The third kappa shape index (κ3) is 3.15. The number of alkyl halides is 3. The zero-order chi connectivity index (χ0) is 14.0. The number of benzene rings is 1. The molecule has 1 aromatic carbocycles. The van der Waals surface area contributed by atoms with Crippen LogP contribution in [0.4, 0.5) is 13.2 Å². The van der Waals surface area contributed by atoms with E-state index in [2.05, 4.69) is 5.32 Å². The zero-order valence-corrected chi connectivity index (χ0v) is 11.2. The van der Waals surface area contributed by atoms with Crippen LogP contribution in [0.5, 0.6) is 5.75 Å². The molecule has 2 nitrogen and oxygen atoms in total. The van der Waals surface area contributed by atoms with Crippen molar-refractivity contribution in [1.82, 2.24) is 5.32 Å². The molecule has 6 heteroatoms. The van der Waals surface area contributed by atoms with Crippen LogP contribution in [0.2, 0.25) is 5.02 Å². The largest absolute Gasteiger partial charge is 0.496 e. The first-order chi connectivity index (χ1) is 8.93. The number of methoxy groups -OCH3 is 1. The first kappa shape index (κ1) is 14.5. The summed E-state index contributed by atoms with van der Waals surface area (Å²) >= 11 is 6.04. The summed E-state index contributed by atoms with van der Waals surface area (Å²) in [6.45, 7) is 1.64. The van der Waals surface area contributed by atoms with Gasteiger partial charge in [0.1, 0.15) is 5.75 Å². The second-order valence-corrected chi connectivity index (χ2v) is 5.02. The number of hydrogen-bond donors (Lipinski definition) is 1. The van der Waals surface area contributed by atoms with E-state index in [9.17, 15) is 13.2 Å². The Bertz CT molecular complexity index is 456. The van der Waals surface area contributed by atoms with Gasteiger partial charge in [0.05, 0.1) is 12.7 Å². The van der Waals surface area contributed by atoms with Gasteiger partial charge in [0.2, 0.25) is 0 Å². The molecule has 1 fully saturated rings. The Hall–Kier alpha value is -0.940. The van der Waals surface area contributed by atoms with E-state index in [-0.39, 0.29) is 16.7 Å². The molecular formula is C13H15ClF3NO. The molecule has 0 aromatic heterocycles. The van der Waals surface area contributed by atoms with Crippen molar-refractivity contribution in [1.29, 1.82) is 0 Å². The maximum Gasteiger partial charge on any atom is 0.416 e. The second kappa shape index (κ2) is 5.59. The molecule has 2 rings (SSSR count). The maximum absolute atomic E-state index is 12.7. The topological polar surface area (TPSA) is 21.3 Å². The van der Waals surface area contributed by atoms with E-state index in [0.717, 1.165) is 31.5 Å². The van der Waals surface area contributed by atoms with Gasteiger partial charge in [-0.25, -0.2) is 0 Å². The quantitative estimate of drug-likeness (QED) is 0.895. The van der Waals surface area contributed by atoms with Gasteiger partial charge >= 0.3 is 6.18 Å². The molecule has 1 aromatic rings. The predicted molar refractivity (Wildman–Crippen MR) is 67.9 cm³/mol. The highest BCUT2D eigenvalue weighted by Crippen LogP contribution is 2.41. The normalized spacial score (nSPS) is 20.4. The fourth-order valence-corrected chi connectivity index (χ4v) is 2.78. The Morgan fingerprint density at radius 1 is 1.37 bits per heavy atom. The van der Waals surface area contributed by atoms with Crippen LogP contribution in [-0.2, 0) is 6.18 Å². The van der Waals surface area contributed by atoms with Crippen molar-refractivity contribution >= 4 is 11.6 Å². The molecule has 0 bridgehead atoms. The van der Waals surface area contributed by atoms with Crippen LogP contribution in [0.1, 0.15) is 29.9 Å². The molecule has 19 heavy (non-hydrogen) atoms. The van der Waals surface area contributed by atoms with Crippen LogP contribution >= 0.6 is 11.6 Å². The van der Waals surface area contributed by atoms with E-state index in [4.69, 9.17) is 16.3 Å². The van der Waals surface area contributed by atoms with Gasteiger partial charge in [-0.3, -0.25) is 0 Å². The number of piperidine rings is 1. The molecule has 0 radical (unpaired) electrons. The lowest BCUT2D eigenvalue weighted by Gasteiger charge is -2.26. The molecule has 1 N–H and O–H groups in total. The van der Waals surface area contributed by atoms with Gasteiger partial charge in [0.15, 0.2) is 0 Å². The van der Waals surface area contributed by atoms with Gasteiger partial charge in [-0.1, -0.05) is 11.6 Å². The Morgan fingerprint density at radius 3 is 2.63 bits per heavy atom. The monoisotopic (exact) mass is 293 g/mol. The summed E-state index contributed by atoms with van der Waals surface area (Å²) < 4.78 is 43.3. The number of hydrogen-bond acceptors (Lipinski definition) is 2. The van der Waals surface area contributed by atoms with Gasteiger partial charge in [-0.2, -0.15) is 13.2 Å². The molecule has 0 aliphatic carbocycles. The van der Waals surface area contributed by atoms with Crippen LogP contribution in [0, 0.1) is 0 Å². The van der Waals surface area contributed by atoms with Gasteiger partial charge in [-0.15, -0.1) is 0 Å². The summed E-state index contributed by atoms with van der Waals surface area (Å²) in [5.41, 5.74) is -0.105. The highest BCUT2D eigenvalue weighted by atomic mass is 35.5. The van der Waals surface area contributed by atoms with E-state index < -0.39 is 11.7 Å². The minimum Gasteiger partial charge on any atom is -0.496 e. The van der Waals surface area contributed by atoms with Crippen molar-refractivity contribution in [3.63, 3.8) is 0 Å². The molecule has 0 spiro atoms. The van der Waals surface area contributed by atoms with Crippen molar-refractivity contribution in [2.24, 2.45) is 0 Å². The fraction of sp³-hybridized carbons (Fsp3) is 0.538. The lowest BCUT2D eigenvalue weighted by atomic mass is 9.90. The van der Waals surface area contributed by atoms with Crippen LogP contribution in [0.25, 0.3) is 0 Å². The van der Waals surface area contributed by atoms with E-state index >= 15 is 0 Å². The van der Waals surface area contributed by atoms with E-state index in [1.807, 2.05) is 0 Å². The van der Waals surface area contributed by atoms with Gasteiger partial charge in [-0.05, 0) is 31.5 Å². The molecule has 1 heterocycles. The van der Waals surface area contributed by atoms with Crippen LogP contribution in [-0.4, -0.2) is 20.2 Å². The number of rotatable bonds is 2. The van der Waals surface area contributed by atoms with E-state index in [0.29, 0.717) is 12.1 Å². The van der Waals surface area contributed by atoms with Crippen molar-refractivity contribution in [3.8, 4) is 5.75 Å². The highest BCUT2D eigenvalue weighted by molar-refractivity contribution is 6.31. The zero-order valence-electron chi connectivity index (χ0n) is 10.5. The Kier molecular flexibility index (Phi) is 4.26. The Labute approximate surface area is 114 Å². The molecule has 0 amide bonds. The molecular weight excluding hydrogens is 279 g/mol. The summed E-state index contributed by atoms with van der Waals surface area (Å²) in [4.78, 5) is 0. The van der Waals surface area contributed by atoms with Crippen molar-refractivity contribution in [3.05, 3.63) is 28.3 Å². The van der Waals surface area contributed by atoms with Gasteiger partial charge in [0, 0.05) is 23.0 Å². The average Bonchev–Trinajstić information content (AvgIpc) is 2.37.